The first-order valence-electron chi connectivity index (χ1n) is 9.90. The number of alkyl halides is 3. The highest BCUT2D eigenvalue weighted by molar-refractivity contribution is 6.17. The number of likely N-dealkylation sites (N-methyl/N-ethyl adjacent to an activating group) is 1. The molecule has 0 N–H and O–H groups in total. The maximum Gasteiger partial charge on any atom is 0.416 e. The number of carbonyl (C=O) groups is 2. The third-order valence-corrected chi connectivity index (χ3v) is 5.43. The molecule has 8 heteroatoms. The van der Waals surface area contributed by atoms with Gasteiger partial charge in [0.05, 0.1) is 5.56 Å². The van der Waals surface area contributed by atoms with Gasteiger partial charge in [-0.3, -0.25) is 14.5 Å². The summed E-state index contributed by atoms with van der Waals surface area (Å²) < 4.78 is 40.3. The van der Waals surface area contributed by atoms with Crippen molar-refractivity contribution in [3.63, 3.8) is 0 Å². The molecule has 1 aliphatic heterocycles. The molecule has 32 heavy (non-hydrogen) atoms. The van der Waals surface area contributed by atoms with E-state index in [0.717, 1.165) is 22.6 Å². The van der Waals surface area contributed by atoms with Gasteiger partial charge in [-0.25, -0.2) is 4.98 Å². The van der Waals surface area contributed by atoms with E-state index in [2.05, 4.69) is 4.98 Å². The van der Waals surface area contributed by atoms with E-state index in [9.17, 15) is 22.8 Å². The lowest BCUT2D eigenvalue weighted by molar-refractivity contribution is -0.137. The lowest BCUT2D eigenvalue weighted by Crippen LogP contribution is -2.41. The zero-order chi connectivity index (χ0) is 23.2. The third-order valence-electron chi connectivity index (χ3n) is 5.43. The van der Waals surface area contributed by atoms with Gasteiger partial charge in [-0.2, -0.15) is 13.2 Å². The van der Waals surface area contributed by atoms with Crippen LogP contribution in [0.4, 0.5) is 24.7 Å². The highest BCUT2D eigenvalue weighted by Gasteiger charge is 2.44. The normalized spacial score (nSPS) is 15.6. The first-order valence-corrected chi connectivity index (χ1v) is 9.90. The standard InChI is InChI=1S/C24H20F3N3O2/c1-14-7-6-8-17(11-14)29(3)23(32)21-18-9-4-5-10-19(18)22(31)30(21)20-13-16(24(25,26)27)12-15(2)28-20/h4-13,21H,1-3H3. The largest absolute Gasteiger partial charge is 0.416 e. The molecule has 5 nitrogen and oxygen atoms in total. The Morgan fingerprint density at radius 3 is 2.44 bits per heavy atom. The van der Waals surface area contributed by atoms with Gasteiger partial charge in [0, 0.05) is 24.0 Å². The van der Waals surface area contributed by atoms with Crippen molar-refractivity contribution in [1.29, 1.82) is 0 Å². The molecule has 2 heterocycles. The van der Waals surface area contributed by atoms with E-state index in [0.29, 0.717) is 11.3 Å². The van der Waals surface area contributed by atoms with Gasteiger partial charge in [-0.1, -0.05) is 30.3 Å². The summed E-state index contributed by atoms with van der Waals surface area (Å²) in [4.78, 5) is 33.5. The minimum Gasteiger partial charge on any atom is -0.313 e. The number of halogens is 3. The van der Waals surface area contributed by atoms with Gasteiger partial charge in [0.15, 0.2) is 0 Å². The zero-order valence-electron chi connectivity index (χ0n) is 17.6. The Hall–Kier alpha value is -3.68. The minimum atomic E-state index is -4.62. The highest BCUT2D eigenvalue weighted by atomic mass is 19.4. The number of amides is 2. The van der Waals surface area contributed by atoms with Crippen LogP contribution >= 0.6 is 0 Å². The van der Waals surface area contributed by atoms with Crippen molar-refractivity contribution in [3.8, 4) is 0 Å². The molecule has 164 valence electrons. The topological polar surface area (TPSA) is 53.5 Å². The molecule has 3 aromatic rings. The molecule has 2 amide bonds. The SMILES string of the molecule is Cc1cccc(N(C)C(=O)C2c3ccccc3C(=O)N2c2cc(C(F)(F)F)cc(C)n2)c1. The van der Waals surface area contributed by atoms with Crippen molar-refractivity contribution < 1.29 is 22.8 Å². The number of nitrogens with zero attached hydrogens (tertiary/aromatic N) is 3. The Labute approximate surface area is 183 Å². The maximum absolute atomic E-state index is 13.6. The zero-order valence-corrected chi connectivity index (χ0v) is 17.6. The van der Waals surface area contributed by atoms with Crippen LogP contribution in [0.3, 0.4) is 0 Å². The number of aryl methyl sites for hydroxylation is 2. The molecule has 2 aromatic carbocycles. The van der Waals surface area contributed by atoms with E-state index in [-0.39, 0.29) is 17.1 Å². The summed E-state index contributed by atoms with van der Waals surface area (Å²) >= 11 is 0. The highest BCUT2D eigenvalue weighted by Crippen LogP contribution is 2.40. The fourth-order valence-electron chi connectivity index (χ4n) is 3.88. The average Bonchev–Trinajstić information content (AvgIpc) is 3.04. The number of rotatable bonds is 3. The molecule has 0 fully saturated rings. The number of pyridine rings is 1. The monoisotopic (exact) mass is 439 g/mol. The summed E-state index contributed by atoms with van der Waals surface area (Å²) in [5.41, 5.74) is 1.41. The van der Waals surface area contributed by atoms with Crippen molar-refractivity contribution in [3.05, 3.63) is 88.6 Å². The lowest BCUT2D eigenvalue weighted by Gasteiger charge is -2.28. The van der Waals surface area contributed by atoms with Crippen molar-refractivity contribution in [2.45, 2.75) is 26.1 Å². The molecule has 0 bridgehead atoms. The Balaban J connectivity index is 1.84. The molecule has 1 atom stereocenters. The summed E-state index contributed by atoms with van der Waals surface area (Å²) in [6.07, 6.45) is -4.62. The molecule has 0 aliphatic carbocycles. The molecule has 1 aromatic heterocycles. The average molecular weight is 439 g/mol. The van der Waals surface area contributed by atoms with Gasteiger partial charge in [0.25, 0.3) is 11.8 Å². The summed E-state index contributed by atoms with van der Waals surface area (Å²) in [6.45, 7) is 3.31. The van der Waals surface area contributed by atoms with Crippen LogP contribution in [0.25, 0.3) is 0 Å². The first kappa shape index (κ1) is 21.5. The van der Waals surface area contributed by atoms with Crippen LogP contribution < -0.4 is 9.80 Å². The van der Waals surface area contributed by atoms with Gasteiger partial charge in [-0.05, 0) is 55.3 Å². The summed E-state index contributed by atoms with van der Waals surface area (Å²) in [7, 11) is 1.57. The van der Waals surface area contributed by atoms with Crippen LogP contribution in [0.5, 0.6) is 0 Å². The fourth-order valence-corrected chi connectivity index (χ4v) is 3.88. The second kappa shape index (κ2) is 7.78. The molecule has 0 spiro atoms. The number of benzene rings is 2. The predicted molar refractivity (Wildman–Crippen MR) is 115 cm³/mol. The Morgan fingerprint density at radius 1 is 1.03 bits per heavy atom. The number of anilines is 2. The minimum absolute atomic E-state index is 0.0943. The van der Waals surface area contributed by atoms with Crippen LogP contribution in [0, 0.1) is 13.8 Å². The molecule has 1 unspecified atom stereocenters. The second-order valence-corrected chi connectivity index (χ2v) is 7.75. The lowest BCUT2D eigenvalue weighted by atomic mass is 10.0. The first-order chi connectivity index (χ1) is 15.1. The summed E-state index contributed by atoms with van der Waals surface area (Å²) in [5.74, 6) is -1.23. The fraction of sp³-hybridized carbons (Fsp3) is 0.208. The van der Waals surface area contributed by atoms with Gasteiger partial charge < -0.3 is 4.90 Å². The van der Waals surface area contributed by atoms with E-state index in [1.165, 1.54) is 11.8 Å². The quantitative estimate of drug-likeness (QED) is 0.572. The molecular weight excluding hydrogens is 419 g/mol. The molecule has 1 aliphatic rings. The summed E-state index contributed by atoms with van der Waals surface area (Å²) in [6, 6.07) is 14.4. The molecule has 4 rings (SSSR count). The third kappa shape index (κ3) is 3.72. The molecule has 0 radical (unpaired) electrons. The number of hydrogen-bond donors (Lipinski definition) is 0. The Bertz CT molecular complexity index is 1220. The van der Waals surface area contributed by atoms with E-state index in [1.54, 1.807) is 43.4 Å². The van der Waals surface area contributed by atoms with E-state index in [1.807, 2.05) is 19.1 Å². The molecular formula is C24H20F3N3O2. The van der Waals surface area contributed by atoms with Crippen LogP contribution in [0.1, 0.15) is 38.8 Å². The van der Waals surface area contributed by atoms with E-state index < -0.39 is 29.6 Å². The van der Waals surface area contributed by atoms with Crippen molar-refractivity contribution in [2.75, 3.05) is 16.8 Å². The van der Waals surface area contributed by atoms with E-state index in [4.69, 9.17) is 0 Å². The van der Waals surface area contributed by atoms with Crippen molar-refractivity contribution >= 4 is 23.3 Å². The number of hydrogen-bond acceptors (Lipinski definition) is 3. The van der Waals surface area contributed by atoms with Crippen LogP contribution in [0.2, 0.25) is 0 Å². The van der Waals surface area contributed by atoms with Crippen molar-refractivity contribution in [1.82, 2.24) is 4.98 Å². The van der Waals surface area contributed by atoms with Gasteiger partial charge in [0.1, 0.15) is 11.9 Å². The molecule has 0 saturated carbocycles. The second-order valence-electron chi connectivity index (χ2n) is 7.75. The number of fused-ring (bicyclic) bond motifs is 1. The van der Waals surface area contributed by atoms with Crippen LogP contribution in [-0.4, -0.2) is 23.8 Å². The van der Waals surface area contributed by atoms with Gasteiger partial charge in [-0.15, -0.1) is 0 Å². The molecule has 0 saturated heterocycles. The van der Waals surface area contributed by atoms with Crippen LogP contribution in [0.15, 0.2) is 60.7 Å². The van der Waals surface area contributed by atoms with Crippen LogP contribution in [-0.2, 0) is 11.0 Å². The number of carbonyl (C=O) groups excluding carboxylic acids is 2. The summed E-state index contributed by atoms with van der Waals surface area (Å²) in [5, 5.41) is 0. The smallest absolute Gasteiger partial charge is 0.313 e. The van der Waals surface area contributed by atoms with E-state index >= 15 is 0 Å². The van der Waals surface area contributed by atoms with Gasteiger partial charge >= 0.3 is 6.18 Å². The van der Waals surface area contributed by atoms with Gasteiger partial charge in [0.2, 0.25) is 0 Å². The number of aromatic nitrogens is 1. The van der Waals surface area contributed by atoms with Crippen molar-refractivity contribution in [2.24, 2.45) is 0 Å². The Kier molecular flexibility index (Phi) is 5.24. The Morgan fingerprint density at radius 2 is 1.75 bits per heavy atom. The maximum atomic E-state index is 13.6. The predicted octanol–water partition coefficient (Wildman–Crippen LogP) is 5.08.